The molecule has 1 aromatic heterocycles. The molecule has 2 aromatic rings. The van der Waals surface area contributed by atoms with Gasteiger partial charge in [0, 0.05) is 41.1 Å². The highest BCUT2D eigenvalue weighted by molar-refractivity contribution is 5.71. The van der Waals surface area contributed by atoms with Crippen molar-refractivity contribution in [2.24, 2.45) is 0 Å². The number of aromatic nitrogens is 1. The first-order chi connectivity index (χ1) is 14.1. The number of alkyl halides is 3. The molecule has 30 heavy (non-hydrogen) atoms. The maximum Gasteiger partial charge on any atom is 0.433 e. The van der Waals surface area contributed by atoms with E-state index in [-0.39, 0.29) is 22.4 Å². The van der Waals surface area contributed by atoms with E-state index >= 15 is 0 Å². The average Bonchev–Trinajstić information content (AvgIpc) is 3.15. The van der Waals surface area contributed by atoms with Gasteiger partial charge in [-0.05, 0) is 31.5 Å². The second-order valence-electron chi connectivity index (χ2n) is 7.13. The molecule has 0 saturated heterocycles. The van der Waals surface area contributed by atoms with Gasteiger partial charge in [0.05, 0.1) is 19.3 Å². The SMILES string of the molecule is CC[C@H]1CC(NC(C)c2cc(F)c(-c3cc(C(F)(F)F)ncc3OC)cc2F)=CN1. The average molecular weight is 427 g/mol. The molecule has 4 nitrogen and oxygen atoms in total. The van der Waals surface area contributed by atoms with Gasteiger partial charge in [0.25, 0.3) is 0 Å². The fraction of sp³-hybridized carbons (Fsp3) is 0.381. The second kappa shape index (κ2) is 8.49. The molecule has 0 fully saturated rings. The third-order valence-electron chi connectivity index (χ3n) is 5.08. The van der Waals surface area contributed by atoms with Crippen LogP contribution in [0.5, 0.6) is 5.75 Å². The Kier molecular flexibility index (Phi) is 6.19. The molecule has 1 aliphatic rings. The molecule has 9 heteroatoms. The van der Waals surface area contributed by atoms with E-state index in [4.69, 9.17) is 4.74 Å². The van der Waals surface area contributed by atoms with Crippen LogP contribution in [0.1, 0.15) is 44.0 Å². The smallest absolute Gasteiger partial charge is 0.433 e. The predicted octanol–water partition coefficient (Wildman–Crippen LogP) is 5.32. The summed E-state index contributed by atoms with van der Waals surface area (Å²) in [5, 5.41) is 6.34. The molecule has 162 valence electrons. The molecular formula is C21H22F5N3O. The fourth-order valence-corrected chi connectivity index (χ4v) is 3.39. The van der Waals surface area contributed by atoms with Crippen molar-refractivity contribution in [3.8, 4) is 16.9 Å². The highest BCUT2D eigenvalue weighted by atomic mass is 19.4. The predicted molar refractivity (Wildman–Crippen MR) is 103 cm³/mol. The second-order valence-corrected chi connectivity index (χ2v) is 7.13. The zero-order chi connectivity index (χ0) is 22.1. The molecule has 0 spiro atoms. The van der Waals surface area contributed by atoms with Crippen LogP contribution in [0, 0.1) is 11.6 Å². The summed E-state index contributed by atoms with van der Waals surface area (Å²) in [5.41, 5.74) is -0.828. The lowest BCUT2D eigenvalue weighted by molar-refractivity contribution is -0.141. The first-order valence-electron chi connectivity index (χ1n) is 9.46. The molecule has 0 radical (unpaired) electrons. The van der Waals surface area contributed by atoms with Gasteiger partial charge in [0.15, 0.2) is 0 Å². The van der Waals surface area contributed by atoms with E-state index in [2.05, 4.69) is 15.6 Å². The van der Waals surface area contributed by atoms with Crippen molar-refractivity contribution in [1.82, 2.24) is 15.6 Å². The van der Waals surface area contributed by atoms with Crippen LogP contribution < -0.4 is 15.4 Å². The maximum atomic E-state index is 14.9. The number of rotatable bonds is 6. The Bertz CT molecular complexity index is 958. The first kappa shape index (κ1) is 21.9. The summed E-state index contributed by atoms with van der Waals surface area (Å²) >= 11 is 0. The number of methoxy groups -OCH3 is 1. The van der Waals surface area contributed by atoms with Crippen molar-refractivity contribution in [3.05, 3.63) is 59.2 Å². The molecular weight excluding hydrogens is 405 g/mol. The maximum absolute atomic E-state index is 14.9. The van der Waals surface area contributed by atoms with Gasteiger partial charge in [-0.2, -0.15) is 13.2 Å². The van der Waals surface area contributed by atoms with Gasteiger partial charge in [-0.3, -0.25) is 0 Å². The molecule has 1 unspecified atom stereocenters. The monoisotopic (exact) mass is 427 g/mol. The standard InChI is InChI=1S/C21H22F5N3O/c1-4-12-5-13(9-27-12)29-11(2)14-6-18(23)15(7-17(14)22)16-8-20(21(24,25)26)28-10-19(16)30-3/h6-12,27,29H,4-5H2,1-3H3/t11?,12-/m0/s1. The van der Waals surface area contributed by atoms with Crippen molar-refractivity contribution in [2.45, 2.75) is 44.9 Å². The van der Waals surface area contributed by atoms with Gasteiger partial charge < -0.3 is 15.4 Å². The number of nitrogens with zero attached hydrogens (tertiary/aromatic N) is 1. The molecule has 2 atom stereocenters. The summed E-state index contributed by atoms with van der Waals surface area (Å²) in [6.45, 7) is 3.73. The van der Waals surface area contributed by atoms with Crippen LogP contribution in [-0.4, -0.2) is 18.1 Å². The number of hydrogen-bond donors (Lipinski definition) is 2. The van der Waals surface area contributed by atoms with Crippen LogP contribution in [0.3, 0.4) is 0 Å². The fourth-order valence-electron chi connectivity index (χ4n) is 3.39. The normalized spacial score (nSPS) is 17.3. The summed E-state index contributed by atoms with van der Waals surface area (Å²) in [5.74, 6) is -1.69. The van der Waals surface area contributed by atoms with Crippen LogP contribution in [0.15, 0.2) is 36.3 Å². The summed E-state index contributed by atoms with van der Waals surface area (Å²) in [6.07, 6.45) is -0.391. The molecule has 3 rings (SSSR count). The Morgan fingerprint density at radius 1 is 1.20 bits per heavy atom. The van der Waals surface area contributed by atoms with Gasteiger partial charge in [-0.15, -0.1) is 0 Å². The van der Waals surface area contributed by atoms with Crippen molar-refractivity contribution in [1.29, 1.82) is 0 Å². The van der Waals surface area contributed by atoms with Gasteiger partial charge in [-0.25, -0.2) is 13.8 Å². The van der Waals surface area contributed by atoms with E-state index < -0.39 is 29.5 Å². The Labute approximate surface area is 171 Å². The number of halogens is 5. The lowest BCUT2D eigenvalue weighted by Crippen LogP contribution is -2.20. The van der Waals surface area contributed by atoms with E-state index in [0.717, 1.165) is 36.9 Å². The van der Waals surface area contributed by atoms with Crippen LogP contribution in [0.4, 0.5) is 22.0 Å². The molecule has 0 amide bonds. The number of ether oxygens (including phenoxy) is 1. The molecule has 1 aliphatic heterocycles. The summed E-state index contributed by atoms with van der Waals surface area (Å²) in [6, 6.07) is 2.29. The van der Waals surface area contributed by atoms with Crippen molar-refractivity contribution in [2.75, 3.05) is 7.11 Å². The molecule has 2 N–H and O–H groups in total. The zero-order valence-electron chi connectivity index (χ0n) is 16.7. The van der Waals surface area contributed by atoms with E-state index in [9.17, 15) is 22.0 Å². The molecule has 1 aromatic carbocycles. The van der Waals surface area contributed by atoms with E-state index in [1.165, 1.54) is 7.11 Å². The third-order valence-corrected chi connectivity index (χ3v) is 5.08. The highest BCUT2D eigenvalue weighted by Crippen LogP contribution is 2.38. The van der Waals surface area contributed by atoms with Crippen LogP contribution >= 0.6 is 0 Å². The van der Waals surface area contributed by atoms with Crippen LogP contribution in [-0.2, 0) is 6.18 Å². The van der Waals surface area contributed by atoms with Gasteiger partial charge in [0.2, 0.25) is 0 Å². The molecule has 0 saturated carbocycles. The third kappa shape index (κ3) is 4.49. The van der Waals surface area contributed by atoms with Crippen molar-refractivity contribution >= 4 is 0 Å². The van der Waals surface area contributed by atoms with Gasteiger partial charge in [-0.1, -0.05) is 6.92 Å². The molecule has 0 aliphatic carbocycles. The van der Waals surface area contributed by atoms with Crippen LogP contribution in [0.2, 0.25) is 0 Å². The number of hydrogen-bond acceptors (Lipinski definition) is 4. The highest BCUT2D eigenvalue weighted by Gasteiger charge is 2.34. The quantitative estimate of drug-likeness (QED) is 0.613. The Morgan fingerprint density at radius 2 is 1.93 bits per heavy atom. The summed E-state index contributed by atoms with van der Waals surface area (Å²) < 4.78 is 73.8. The lowest BCUT2D eigenvalue weighted by Gasteiger charge is -2.19. The topological polar surface area (TPSA) is 46.2 Å². The number of pyridine rings is 1. The van der Waals surface area contributed by atoms with E-state index in [0.29, 0.717) is 12.1 Å². The Morgan fingerprint density at radius 3 is 2.53 bits per heavy atom. The Balaban J connectivity index is 1.93. The molecule has 2 heterocycles. The van der Waals surface area contributed by atoms with Gasteiger partial charge >= 0.3 is 6.18 Å². The van der Waals surface area contributed by atoms with E-state index in [1.807, 2.05) is 13.1 Å². The largest absolute Gasteiger partial charge is 0.494 e. The Hall–Kier alpha value is -2.84. The number of nitrogens with one attached hydrogen (secondary N) is 2. The van der Waals surface area contributed by atoms with Crippen molar-refractivity contribution < 1.29 is 26.7 Å². The first-order valence-corrected chi connectivity index (χ1v) is 9.46. The number of benzene rings is 1. The minimum absolute atomic E-state index is 0.0705. The zero-order valence-corrected chi connectivity index (χ0v) is 16.7. The summed E-state index contributed by atoms with van der Waals surface area (Å²) in [7, 11) is 1.22. The van der Waals surface area contributed by atoms with Crippen molar-refractivity contribution in [3.63, 3.8) is 0 Å². The van der Waals surface area contributed by atoms with Gasteiger partial charge in [0.1, 0.15) is 23.1 Å². The minimum atomic E-state index is -4.73. The van der Waals surface area contributed by atoms with E-state index in [1.54, 1.807) is 6.92 Å². The minimum Gasteiger partial charge on any atom is -0.494 e. The molecule has 0 bridgehead atoms. The summed E-state index contributed by atoms with van der Waals surface area (Å²) in [4.78, 5) is 3.29. The van der Waals surface area contributed by atoms with Crippen LogP contribution in [0.25, 0.3) is 11.1 Å². The lowest BCUT2D eigenvalue weighted by atomic mass is 9.99.